The Morgan fingerprint density at radius 1 is 0.472 bits per heavy atom. The number of imidazole rings is 1. The lowest BCUT2D eigenvalue weighted by atomic mass is 9.63. The molecular formula is C47H29N5O. The number of benzene rings is 6. The van der Waals surface area contributed by atoms with Gasteiger partial charge in [0.2, 0.25) is 0 Å². The molecule has 0 fully saturated rings. The predicted octanol–water partition coefficient (Wildman–Crippen LogP) is 10.5. The summed E-state index contributed by atoms with van der Waals surface area (Å²) in [6.07, 6.45) is 0. The molecule has 10 rings (SSSR count). The summed E-state index contributed by atoms with van der Waals surface area (Å²) in [6.45, 7) is 0. The van der Waals surface area contributed by atoms with Crippen LogP contribution in [0.2, 0.25) is 0 Å². The molecule has 0 atom stereocenters. The Morgan fingerprint density at radius 3 is 1.79 bits per heavy atom. The Hall–Kier alpha value is -7.36. The number of ether oxygens (including phenoxy) is 1. The second-order valence-corrected chi connectivity index (χ2v) is 13.0. The number of para-hydroxylation sites is 3. The molecule has 0 radical (unpaired) electrons. The monoisotopic (exact) mass is 679 g/mol. The van der Waals surface area contributed by atoms with Gasteiger partial charge >= 0.3 is 0 Å². The first-order chi connectivity index (χ1) is 26.2. The van der Waals surface area contributed by atoms with Gasteiger partial charge in [-0.05, 0) is 53.6 Å². The van der Waals surface area contributed by atoms with Gasteiger partial charge in [-0.2, -0.15) is 0 Å². The highest BCUT2D eigenvalue weighted by Crippen LogP contribution is 2.55. The maximum Gasteiger partial charge on any atom is 0.164 e. The summed E-state index contributed by atoms with van der Waals surface area (Å²) in [4.78, 5) is 23.2. The van der Waals surface area contributed by atoms with Gasteiger partial charge in [-0.1, -0.05) is 140 Å². The van der Waals surface area contributed by atoms with Gasteiger partial charge < -0.3 is 9.72 Å². The molecule has 0 unspecified atom stereocenters. The van der Waals surface area contributed by atoms with Crippen molar-refractivity contribution in [3.8, 4) is 57.1 Å². The topological polar surface area (TPSA) is 76.6 Å². The summed E-state index contributed by atoms with van der Waals surface area (Å²) in [7, 11) is 0. The maximum atomic E-state index is 6.76. The summed E-state index contributed by atoms with van der Waals surface area (Å²) in [5.74, 6) is 4.00. The average molecular weight is 680 g/mol. The summed E-state index contributed by atoms with van der Waals surface area (Å²) < 4.78 is 6.76. The number of rotatable bonds is 6. The lowest BCUT2D eigenvalue weighted by Gasteiger charge is -2.41. The van der Waals surface area contributed by atoms with Crippen molar-refractivity contribution in [2.24, 2.45) is 0 Å². The van der Waals surface area contributed by atoms with E-state index in [0.29, 0.717) is 17.5 Å². The van der Waals surface area contributed by atoms with E-state index in [-0.39, 0.29) is 0 Å². The average Bonchev–Trinajstić information content (AvgIpc) is 3.68. The molecule has 0 bridgehead atoms. The van der Waals surface area contributed by atoms with E-state index in [9.17, 15) is 0 Å². The molecule has 7 aromatic carbocycles. The van der Waals surface area contributed by atoms with Gasteiger partial charge in [0.1, 0.15) is 17.3 Å². The predicted molar refractivity (Wildman–Crippen MR) is 207 cm³/mol. The van der Waals surface area contributed by atoms with Gasteiger partial charge in [-0.25, -0.2) is 19.9 Å². The molecule has 1 aliphatic heterocycles. The summed E-state index contributed by atoms with van der Waals surface area (Å²) >= 11 is 0. The SMILES string of the molecule is c1ccc(-c2nc(-c3ccc(-c4nc5ccccc5[nH]4)cc3)nc(-c3ccc4c(c3)Oc3ccccc3C4(c3ccccc3)c3ccccc3)n2)cc#1. The minimum atomic E-state index is -0.612. The summed E-state index contributed by atoms with van der Waals surface area (Å²) in [5, 5.41) is 0. The third-order valence-corrected chi connectivity index (χ3v) is 9.93. The third kappa shape index (κ3) is 5.14. The van der Waals surface area contributed by atoms with Crippen molar-refractivity contribution in [3.05, 3.63) is 204 Å². The zero-order chi connectivity index (χ0) is 35.2. The van der Waals surface area contributed by atoms with E-state index >= 15 is 0 Å². The highest BCUT2D eigenvalue weighted by molar-refractivity contribution is 5.80. The number of hydrogen-bond donors (Lipinski definition) is 1. The van der Waals surface area contributed by atoms with Crippen LogP contribution in [0.1, 0.15) is 22.3 Å². The van der Waals surface area contributed by atoms with Gasteiger partial charge in [-0.15, -0.1) is 0 Å². The molecule has 3 heterocycles. The number of nitrogens with zero attached hydrogens (tertiary/aromatic N) is 4. The summed E-state index contributed by atoms with van der Waals surface area (Å²) in [5.41, 5.74) is 9.22. The normalized spacial score (nSPS) is 12.7. The number of fused-ring (bicyclic) bond motifs is 3. The molecule has 53 heavy (non-hydrogen) atoms. The van der Waals surface area contributed by atoms with Gasteiger partial charge in [0.05, 0.1) is 16.4 Å². The Labute approximate surface area is 306 Å². The first kappa shape index (κ1) is 30.5. The van der Waals surface area contributed by atoms with Crippen molar-refractivity contribution < 1.29 is 4.74 Å². The molecule has 0 saturated heterocycles. The standard InChI is InChI=1S/C47H29N5O/c1-4-14-31(15-5-1)44-50-45(33-26-24-32(25-27-33)43-48-39-21-11-12-22-40(39)49-43)52-46(51-44)34-28-29-38-42(30-34)53-41-23-13-10-20-37(41)47(38,35-16-6-2-7-17-35)36-18-8-3-9-19-36/h2-4,6-30H,(H,48,49). The van der Waals surface area contributed by atoms with Gasteiger partial charge in [-0.3, -0.25) is 0 Å². The molecule has 1 aliphatic rings. The summed E-state index contributed by atoms with van der Waals surface area (Å²) in [6, 6.07) is 63.7. The van der Waals surface area contributed by atoms with E-state index in [1.165, 1.54) is 0 Å². The minimum absolute atomic E-state index is 0.537. The lowest BCUT2D eigenvalue weighted by Crippen LogP contribution is -2.34. The highest BCUT2D eigenvalue weighted by atomic mass is 16.5. The number of H-pyrrole nitrogens is 1. The van der Waals surface area contributed by atoms with Crippen LogP contribution >= 0.6 is 0 Å². The van der Waals surface area contributed by atoms with Crippen LogP contribution < -0.4 is 4.74 Å². The van der Waals surface area contributed by atoms with Crippen molar-refractivity contribution in [1.82, 2.24) is 24.9 Å². The van der Waals surface area contributed by atoms with Crippen LogP contribution in [0, 0.1) is 12.1 Å². The molecular weight excluding hydrogens is 651 g/mol. The maximum absolute atomic E-state index is 6.76. The van der Waals surface area contributed by atoms with Crippen LogP contribution in [0.15, 0.2) is 170 Å². The molecule has 2 aromatic heterocycles. The number of aromatic nitrogens is 5. The van der Waals surface area contributed by atoms with Crippen LogP contribution in [0.5, 0.6) is 11.5 Å². The molecule has 9 aromatic rings. The van der Waals surface area contributed by atoms with Crippen molar-refractivity contribution in [2.45, 2.75) is 5.41 Å². The molecule has 0 aliphatic carbocycles. The lowest BCUT2D eigenvalue weighted by molar-refractivity contribution is 0.434. The van der Waals surface area contributed by atoms with E-state index in [0.717, 1.165) is 72.9 Å². The molecule has 0 saturated carbocycles. The van der Waals surface area contributed by atoms with Crippen molar-refractivity contribution in [3.63, 3.8) is 0 Å². The second kappa shape index (κ2) is 12.4. The second-order valence-electron chi connectivity index (χ2n) is 13.0. The first-order valence-electron chi connectivity index (χ1n) is 17.5. The molecule has 6 heteroatoms. The van der Waals surface area contributed by atoms with Crippen molar-refractivity contribution in [2.75, 3.05) is 0 Å². The van der Waals surface area contributed by atoms with E-state index in [4.69, 9.17) is 24.7 Å². The van der Waals surface area contributed by atoms with E-state index < -0.39 is 5.41 Å². The van der Waals surface area contributed by atoms with Crippen molar-refractivity contribution in [1.29, 1.82) is 0 Å². The minimum Gasteiger partial charge on any atom is -0.457 e. The first-order valence-corrected chi connectivity index (χ1v) is 17.5. The Balaban J connectivity index is 1.12. The van der Waals surface area contributed by atoms with Crippen LogP contribution in [-0.4, -0.2) is 24.9 Å². The number of nitrogens with one attached hydrogen (secondary N) is 1. The largest absolute Gasteiger partial charge is 0.457 e. The smallest absolute Gasteiger partial charge is 0.164 e. The van der Waals surface area contributed by atoms with Gasteiger partial charge in [0.15, 0.2) is 17.5 Å². The molecule has 248 valence electrons. The molecule has 1 N–H and O–H groups in total. The van der Waals surface area contributed by atoms with Gasteiger partial charge in [0, 0.05) is 33.4 Å². The van der Waals surface area contributed by atoms with E-state index in [1.54, 1.807) is 0 Å². The van der Waals surface area contributed by atoms with Crippen LogP contribution in [0.4, 0.5) is 0 Å². The van der Waals surface area contributed by atoms with Crippen molar-refractivity contribution >= 4 is 11.0 Å². The quantitative estimate of drug-likeness (QED) is 0.189. The van der Waals surface area contributed by atoms with Crippen LogP contribution in [0.25, 0.3) is 56.6 Å². The Bertz CT molecular complexity index is 2670. The number of hydrogen-bond acceptors (Lipinski definition) is 5. The highest BCUT2D eigenvalue weighted by Gasteiger charge is 2.45. The molecule has 0 spiro atoms. The van der Waals surface area contributed by atoms with Crippen LogP contribution in [0.3, 0.4) is 0 Å². The van der Waals surface area contributed by atoms with Gasteiger partial charge in [0.25, 0.3) is 0 Å². The molecule has 6 nitrogen and oxygen atoms in total. The number of aromatic amines is 1. The van der Waals surface area contributed by atoms with Crippen LogP contribution in [-0.2, 0) is 5.41 Å². The third-order valence-electron chi connectivity index (χ3n) is 9.93. The fraction of sp³-hybridized carbons (Fsp3) is 0.0213. The zero-order valence-electron chi connectivity index (χ0n) is 28.4. The molecule has 0 amide bonds. The van der Waals surface area contributed by atoms with E-state index in [1.807, 2.05) is 78.9 Å². The Morgan fingerprint density at radius 2 is 1.08 bits per heavy atom. The zero-order valence-corrected chi connectivity index (χ0v) is 28.4. The fourth-order valence-electron chi connectivity index (χ4n) is 7.47. The fourth-order valence-corrected chi connectivity index (χ4v) is 7.47. The van der Waals surface area contributed by atoms with E-state index in [2.05, 4.69) is 108 Å². The Kier molecular flexibility index (Phi) is 7.16.